The van der Waals surface area contributed by atoms with Crippen LogP contribution in [0.1, 0.15) is 54.4 Å². The number of hydrogen-bond acceptors (Lipinski definition) is 3. The Morgan fingerprint density at radius 2 is 1.87 bits per heavy atom. The molecule has 0 spiro atoms. The summed E-state index contributed by atoms with van der Waals surface area (Å²) in [6, 6.07) is 10.2. The van der Waals surface area contributed by atoms with Gasteiger partial charge in [0.2, 0.25) is 0 Å². The van der Waals surface area contributed by atoms with Gasteiger partial charge in [0.25, 0.3) is 5.91 Å². The van der Waals surface area contributed by atoms with Crippen molar-refractivity contribution in [3.05, 3.63) is 35.4 Å². The fourth-order valence-corrected chi connectivity index (χ4v) is 3.61. The average molecular weight is 312 g/mol. The summed E-state index contributed by atoms with van der Waals surface area (Å²) in [5, 5.41) is 18.5. The predicted molar refractivity (Wildman–Crippen MR) is 87.9 cm³/mol. The van der Waals surface area contributed by atoms with Crippen LogP contribution in [0.25, 0.3) is 0 Å². The third-order valence-corrected chi connectivity index (χ3v) is 5.59. The Labute approximate surface area is 137 Å². The van der Waals surface area contributed by atoms with Crippen molar-refractivity contribution in [3.63, 3.8) is 0 Å². The van der Waals surface area contributed by atoms with Gasteiger partial charge in [-0.3, -0.25) is 4.79 Å². The minimum absolute atomic E-state index is 0.0470. The first-order chi connectivity index (χ1) is 11.1. The lowest BCUT2D eigenvalue weighted by molar-refractivity contribution is 0.0653. The first-order valence-corrected chi connectivity index (χ1v) is 8.49. The predicted octanol–water partition coefficient (Wildman–Crippen LogP) is 2.86. The molecule has 0 bridgehead atoms. The van der Waals surface area contributed by atoms with E-state index in [0.29, 0.717) is 11.5 Å². The molecule has 1 aromatic rings. The number of aliphatic hydroxyl groups is 1. The highest BCUT2D eigenvalue weighted by Gasteiger charge is 2.44. The minimum atomic E-state index is -0.295. The SMILES string of the molecule is CN(C(=O)c1ccc(C2(C#N)CC2)cc1)C1CCC(CO)CC1. The number of benzene rings is 1. The Morgan fingerprint density at radius 1 is 1.26 bits per heavy atom. The molecule has 2 aliphatic carbocycles. The summed E-state index contributed by atoms with van der Waals surface area (Å²) in [4.78, 5) is 14.5. The molecule has 23 heavy (non-hydrogen) atoms. The van der Waals surface area contributed by atoms with Crippen LogP contribution in [0.5, 0.6) is 0 Å². The van der Waals surface area contributed by atoms with Crippen molar-refractivity contribution in [2.75, 3.05) is 13.7 Å². The summed E-state index contributed by atoms with van der Waals surface area (Å²) in [5.74, 6) is 0.445. The Balaban J connectivity index is 1.65. The molecule has 2 fully saturated rings. The maximum atomic E-state index is 12.7. The van der Waals surface area contributed by atoms with E-state index in [4.69, 9.17) is 0 Å². The fraction of sp³-hybridized carbons (Fsp3) is 0.579. The van der Waals surface area contributed by atoms with Gasteiger partial charge in [-0.2, -0.15) is 5.26 Å². The Kier molecular flexibility index (Phi) is 4.41. The van der Waals surface area contributed by atoms with E-state index in [1.54, 1.807) is 0 Å². The molecular weight excluding hydrogens is 288 g/mol. The maximum absolute atomic E-state index is 12.7. The van der Waals surface area contributed by atoms with E-state index < -0.39 is 0 Å². The zero-order chi connectivity index (χ0) is 16.4. The van der Waals surface area contributed by atoms with Crippen molar-refractivity contribution in [2.24, 2.45) is 5.92 Å². The third kappa shape index (κ3) is 3.11. The van der Waals surface area contributed by atoms with E-state index in [1.165, 1.54) is 0 Å². The van der Waals surface area contributed by atoms with Crippen LogP contribution in [0, 0.1) is 17.2 Å². The van der Waals surface area contributed by atoms with Crippen molar-refractivity contribution in [3.8, 4) is 6.07 Å². The lowest BCUT2D eigenvalue weighted by Crippen LogP contribution is -2.39. The van der Waals surface area contributed by atoms with Gasteiger partial charge in [0.15, 0.2) is 0 Å². The first kappa shape index (κ1) is 16.0. The number of aliphatic hydroxyl groups excluding tert-OH is 1. The fourth-order valence-electron chi connectivity index (χ4n) is 3.61. The van der Waals surface area contributed by atoms with Crippen LogP contribution in [0.4, 0.5) is 0 Å². The highest BCUT2D eigenvalue weighted by molar-refractivity contribution is 5.94. The summed E-state index contributed by atoms with van der Waals surface area (Å²) < 4.78 is 0. The number of nitrogens with zero attached hydrogens (tertiary/aromatic N) is 2. The Bertz CT molecular complexity index is 605. The summed E-state index contributed by atoms with van der Waals surface area (Å²) >= 11 is 0. The molecule has 0 radical (unpaired) electrons. The lowest BCUT2D eigenvalue weighted by Gasteiger charge is -2.34. The van der Waals surface area contributed by atoms with Crippen molar-refractivity contribution in [2.45, 2.75) is 50.0 Å². The lowest BCUT2D eigenvalue weighted by atomic mass is 9.86. The van der Waals surface area contributed by atoms with Gasteiger partial charge in [-0.1, -0.05) is 12.1 Å². The summed E-state index contributed by atoms with van der Waals surface area (Å²) in [6.45, 7) is 0.256. The van der Waals surface area contributed by atoms with Gasteiger partial charge in [0.05, 0.1) is 11.5 Å². The average Bonchev–Trinajstić information content (AvgIpc) is 3.42. The van der Waals surface area contributed by atoms with Crippen LogP contribution < -0.4 is 0 Å². The minimum Gasteiger partial charge on any atom is -0.396 e. The number of amides is 1. The number of carbonyl (C=O) groups excluding carboxylic acids is 1. The van der Waals surface area contributed by atoms with Gasteiger partial charge >= 0.3 is 0 Å². The van der Waals surface area contributed by atoms with Crippen LogP contribution in [-0.4, -0.2) is 35.6 Å². The monoisotopic (exact) mass is 312 g/mol. The molecule has 2 saturated carbocycles. The van der Waals surface area contributed by atoms with Gasteiger partial charge in [0.1, 0.15) is 0 Å². The number of nitriles is 1. The standard InChI is InChI=1S/C19H24N2O2/c1-21(17-8-2-14(12-22)3-9-17)18(23)15-4-6-16(7-5-15)19(13-20)10-11-19/h4-7,14,17,22H,2-3,8-12H2,1H3. The second-order valence-corrected chi connectivity index (χ2v) is 7.04. The molecule has 3 rings (SSSR count). The maximum Gasteiger partial charge on any atom is 0.253 e. The van der Waals surface area contributed by atoms with Gasteiger partial charge in [-0.25, -0.2) is 0 Å². The Hall–Kier alpha value is -1.86. The smallest absolute Gasteiger partial charge is 0.253 e. The topological polar surface area (TPSA) is 64.3 Å². The molecule has 0 atom stereocenters. The number of carbonyl (C=O) groups is 1. The Morgan fingerprint density at radius 3 is 2.35 bits per heavy atom. The molecule has 122 valence electrons. The van der Waals surface area contributed by atoms with E-state index in [1.807, 2.05) is 36.2 Å². The van der Waals surface area contributed by atoms with Gasteiger partial charge < -0.3 is 10.0 Å². The highest BCUT2D eigenvalue weighted by Crippen LogP contribution is 2.47. The second-order valence-electron chi connectivity index (χ2n) is 7.04. The van der Waals surface area contributed by atoms with E-state index >= 15 is 0 Å². The molecule has 0 aliphatic heterocycles. The van der Waals surface area contributed by atoms with E-state index in [0.717, 1.165) is 44.1 Å². The highest BCUT2D eigenvalue weighted by atomic mass is 16.3. The summed E-state index contributed by atoms with van der Waals surface area (Å²) in [6.07, 6.45) is 5.74. The normalized spacial score (nSPS) is 25.4. The molecule has 1 amide bonds. The zero-order valence-corrected chi connectivity index (χ0v) is 13.7. The van der Waals surface area contributed by atoms with Crippen molar-refractivity contribution in [1.29, 1.82) is 5.26 Å². The van der Waals surface area contributed by atoms with Crippen LogP contribution in [-0.2, 0) is 5.41 Å². The van der Waals surface area contributed by atoms with Crippen LogP contribution in [0.3, 0.4) is 0 Å². The summed E-state index contributed by atoms with van der Waals surface area (Å²) in [5.41, 5.74) is 1.42. The summed E-state index contributed by atoms with van der Waals surface area (Å²) in [7, 11) is 1.87. The molecule has 0 saturated heterocycles. The molecule has 4 nitrogen and oxygen atoms in total. The molecule has 0 heterocycles. The van der Waals surface area contributed by atoms with Crippen molar-refractivity contribution in [1.82, 2.24) is 4.90 Å². The number of hydrogen-bond donors (Lipinski definition) is 1. The molecule has 0 aromatic heterocycles. The molecule has 0 unspecified atom stereocenters. The molecule has 1 aromatic carbocycles. The van der Waals surface area contributed by atoms with Crippen molar-refractivity contribution >= 4 is 5.91 Å². The van der Waals surface area contributed by atoms with E-state index in [9.17, 15) is 15.2 Å². The van der Waals surface area contributed by atoms with Crippen molar-refractivity contribution < 1.29 is 9.90 Å². The van der Waals surface area contributed by atoms with E-state index in [2.05, 4.69) is 6.07 Å². The van der Waals surface area contributed by atoms with Crippen LogP contribution >= 0.6 is 0 Å². The first-order valence-electron chi connectivity index (χ1n) is 8.49. The van der Waals surface area contributed by atoms with Gasteiger partial charge in [-0.15, -0.1) is 0 Å². The second kappa shape index (κ2) is 6.33. The van der Waals surface area contributed by atoms with Crippen LogP contribution in [0.15, 0.2) is 24.3 Å². The number of rotatable bonds is 4. The molecule has 2 aliphatic rings. The third-order valence-electron chi connectivity index (χ3n) is 5.59. The molecule has 1 N–H and O–H groups in total. The van der Waals surface area contributed by atoms with E-state index in [-0.39, 0.29) is 24.0 Å². The van der Waals surface area contributed by atoms with Gasteiger partial charge in [0, 0.05) is 25.3 Å². The largest absolute Gasteiger partial charge is 0.396 e. The van der Waals surface area contributed by atoms with Crippen LogP contribution in [0.2, 0.25) is 0 Å². The molecular formula is C19H24N2O2. The quantitative estimate of drug-likeness (QED) is 0.930. The van der Waals surface area contributed by atoms with Gasteiger partial charge in [-0.05, 0) is 62.1 Å². The molecule has 4 heteroatoms. The zero-order valence-electron chi connectivity index (χ0n) is 13.7.